The lowest BCUT2D eigenvalue weighted by molar-refractivity contribution is 0.351. The van der Waals surface area contributed by atoms with Gasteiger partial charge in [-0.2, -0.15) is 0 Å². The first-order chi connectivity index (χ1) is 15.5. The van der Waals surface area contributed by atoms with Gasteiger partial charge < -0.3 is 20.5 Å². The third-order valence-electron chi connectivity index (χ3n) is 5.78. The summed E-state index contributed by atoms with van der Waals surface area (Å²) in [7, 11) is 0. The maximum atomic E-state index is 14.4. The Morgan fingerprint density at radius 1 is 1.16 bits per heavy atom. The fourth-order valence-electron chi connectivity index (χ4n) is 4.27. The summed E-state index contributed by atoms with van der Waals surface area (Å²) in [6, 6.07) is 9.70. The van der Waals surface area contributed by atoms with Gasteiger partial charge in [0.15, 0.2) is 0 Å². The molecule has 1 aliphatic heterocycles. The number of nitrogens with zero attached hydrogens (tertiary/aromatic N) is 4. The number of fused-ring (bicyclic) bond motifs is 1. The predicted octanol–water partition coefficient (Wildman–Crippen LogP) is 3.96. The number of anilines is 2. The summed E-state index contributed by atoms with van der Waals surface area (Å²) >= 11 is 0. The van der Waals surface area contributed by atoms with Gasteiger partial charge in [0.2, 0.25) is 0 Å². The summed E-state index contributed by atoms with van der Waals surface area (Å²) in [6.07, 6.45) is 6.34. The standard InChI is InChI=1S/C24H26FN7/c1-24(2)15-32(11-10-30-24)21-5-3-4-16(31-21)12-28-20-7-9-27-23-22(20)18(13-29-23)17-6-8-26-14-19(17)25/h3-9,13-14,30H,10-12,15H2,1-2H3,(H2,27,28,29). The highest BCUT2D eigenvalue weighted by Gasteiger charge is 2.26. The molecule has 0 amide bonds. The van der Waals surface area contributed by atoms with E-state index in [9.17, 15) is 4.39 Å². The van der Waals surface area contributed by atoms with Gasteiger partial charge in [-0.15, -0.1) is 0 Å². The molecular weight excluding hydrogens is 405 g/mol. The van der Waals surface area contributed by atoms with Crippen LogP contribution in [-0.4, -0.2) is 45.1 Å². The number of H-pyrrole nitrogens is 1. The number of halogens is 1. The highest BCUT2D eigenvalue weighted by molar-refractivity contribution is 6.02. The van der Waals surface area contributed by atoms with E-state index >= 15 is 0 Å². The van der Waals surface area contributed by atoms with Crippen LogP contribution in [0.2, 0.25) is 0 Å². The second kappa shape index (κ2) is 8.20. The molecular formula is C24H26FN7. The largest absolute Gasteiger partial charge is 0.379 e. The van der Waals surface area contributed by atoms with Crippen LogP contribution in [0.1, 0.15) is 19.5 Å². The van der Waals surface area contributed by atoms with Crippen LogP contribution < -0.4 is 15.5 Å². The summed E-state index contributed by atoms with van der Waals surface area (Å²) in [5, 5.41) is 7.85. The minimum absolute atomic E-state index is 0.0593. The first kappa shape index (κ1) is 20.4. The molecule has 0 unspecified atom stereocenters. The lowest BCUT2D eigenvalue weighted by Gasteiger charge is -2.39. The van der Waals surface area contributed by atoms with E-state index in [0.29, 0.717) is 17.8 Å². The van der Waals surface area contributed by atoms with Crippen LogP contribution in [0.3, 0.4) is 0 Å². The topological polar surface area (TPSA) is 81.8 Å². The molecule has 0 atom stereocenters. The van der Waals surface area contributed by atoms with Gasteiger partial charge in [0.25, 0.3) is 0 Å². The lowest BCUT2D eigenvalue weighted by Crippen LogP contribution is -2.57. The van der Waals surface area contributed by atoms with Gasteiger partial charge in [0, 0.05) is 66.0 Å². The van der Waals surface area contributed by atoms with Crippen LogP contribution in [0, 0.1) is 5.82 Å². The van der Waals surface area contributed by atoms with Crippen molar-refractivity contribution in [1.82, 2.24) is 25.3 Å². The molecule has 0 aliphatic carbocycles. The van der Waals surface area contributed by atoms with E-state index in [1.807, 2.05) is 18.2 Å². The Bertz CT molecular complexity index is 1250. The molecule has 4 aromatic rings. The molecule has 1 saturated heterocycles. The van der Waals surface area contributed by atoms with E-state index in [-0.39, 0.29) is 11.4 Å². The molecule has 1 fully saturated rings. The van der Waals surface area contributed by atoms with Gasteiger partial charge in [-0.25, -0.2) is 14.4 Å². The Labute approximate surface area is 186 Å². The Balaban J connectivity index is 1.41. The number of rotatable bonds is 5. The molecule has 8 heteroatoms. The van der Waals surface area contributed by atoms with Crippen molar-refractivity contribution in [2.75, 3.05) is 29.9 Å². The molecule has 5 rings (SSSR count). The smallest absolute Gasteiger partial charge is 0.149 e. The minimum Gasteiger partial charge on any atom is -0.379 e. The molecule has 0 bridgehead atoms. The van der Waals surface area contributed by atoms with Crippen LogP contribution in [0.4, 0.5) is 15.9 Å². The number of aromatic nitrogens is 4. The highest BCUT2D eigenvalue weighted by Crippen LogP contribution is 2.34. The van der Waals surface area contributed by atoms with Crippen LogP contribution in [0.25, 0.3) is 22.2 Å². The fraction of sp³-hybridized carbons (Fsp3) is 0.292. The SMILES string of the molecule is CC1(C)CN(c2cccc(CNc3ccnc4[nH]cc(-c5ccncc5F)c34)n2)CCN1. The molecule has 0 saturated carbocycles. The van der Waals surface area contributed by atoms with Crippen molar-refractivity contribution in [3.05, 3.63) is 66.6 Å². The van der Waals surface area contributed by atoms with Crippen LogP contribution >= 0.6 is 0 Å². The van der Waals surface area contributed by atoms with Gasteiger partial charge in [-0.3, -0.25) is 4.98 Å². The molecule has 5 heterocycles. The van der Waals surface area contributed by atoms with Crippen molar-refractivity contribution in [2.24, 2.45) is 0 Å². The van der Waals surface area contributed by atoms with Gasteiger partial charge in [-0.1, -0.05) is 6.07 Å². The Kier molecular flexibility index (Phi) is 5.22. The third-order valence-corrected chi connectivity index (χ3v) is 5.78. The van der Waals surface area contributed by atoms with Gasteiger partial charge in [0.1, 0.15) is 17.3 Å². The second-order valence-corrected chi connectivity index (χ2v) is 8.71. The Morgan fingerprint density at radius 3 is 2.91 bits per heavy atom. The lowest BCUT2D eigenvalue weighted by atomic mass is 10.0. The predicted molar refractivity (Wildman–Crippen MR) is 125 cm³/mol. The van der Waals surface area contributed by atoms with E-state index in [1.54, 1.807) is 24.7 Å². The average molecular weight is 432 g/mol. The number of hydrogen-bond donors (Lipinski definition) is 3. The molecule has 7 nitrogen and oxygen atoms in total. The van der Waals surface area contributed by atoms with Crippen molar-refractivity contribution >= 4 is 22.5 Å². The summed E-state index contributed by atoms with van der Waals surface area (Å²) in [5.41, 5.74) is 3.81. The molecule has 3 N–H and O–H groups in total. The zero-order valence-corrected chi connectivity index (χ0v) is 18.2. The monoisotopic (exact) mass is 431 g/mol. The first-order valence-electron chi connectivity index (χ1n) is 10.8. The minimum atomic E-state index is -0.364. The Morgan fingerprint density at radius 2 is 2.06 bits per heavy atom. The second-order valence-electron chi connectivity index (χ2n) is 8.71. The Hall–Kier alpha value is -3.52. The van der Waals surface area contributed by atoms with Gasteiger partial charge in [0.05, 0.1) is 18.4 Å². The maximum Gasteiger partial charge on any atom is 0.149 e. The zero-order chi connectivity index (χ0) is 22.1. The van der Waals surface area contributed by atoms with Crippen molar-refractivity contribution in [1.29, 1.82) is 0 Å². The van der Waals surface area contributed by atoms with E-state index in [4.69, 9.17) is 4.98 Å². The summed E-state index contributed by atoms with van der Waals surface area (Å²) < 4.78 is 14.4. The normalized spacial score (nSPS) is 15.8. The fourth-order valence-corrected chi connectivity index (χ4v) is 4.27. The van der Waals surface area contributed by atoms with Crippen LogP contribution in [0.5, 0.6) is 0 Å². The van der Waals surface area contributed by atoms with E-state index in [1.165, 1.54) is 6.20 Å². The van der Waals surface area contributed by atoms with Crippen molar-refractivity contribution in [3.63, 3.8) is 0 Å². The van der Waals surface area contributed by atoms with E-state index < -0.39 is 0 Å². The van der Waals surface area contributed by atoms with Crippen molar-refractivity contribution < 1.29 is 4.39 Å². The molecule has 0 spiro atoms. The van der Waals surface area contributed by atoms with Gasteiger partial charge >= 0.3 is 0 Å². The van der Waals surface area contributed by atoms with Crippen LogP contribution in [0.15, 0.2) is 55.1 Å². The van der Waals surface area contributed by atoms with Crippen molar-refractivity contribution in [3.8, 4) is 11.1 Å². The summed E-state index contributed by atoms with van der Waals surface area (Å²) in [4.78, 5) is 18.6. The average Bonchev–Trinajstić information content (AvgIpc) is 3.22. The summed E-state index contributed by atoms with van der Waals surface area (Å²) in [6.45, 7) is 7.74. The maximum absolute atomic E-state index is 14.4. The first-order valence-corrected chi connectivity index (χ1v) is 10.8. The van der Waals surface area contributed by atoms with Gasteiger partial charge in [-0.05, 0) is 38.1 Å². The molecule has 0 aromatic carbocycles. The molecule has 32 heavy (non-hydrogen) atoms. The number of hydrogen-bond acceptors (Lipinski definition) is 6. The van der Waals surface area contributed by atoms with E-state index in [2.05, 4.69) is 50.4 Å². The molecule has 0 radical (unpaired) electrons. The highest BCUT2D eigenvalue weighted by atomic mass is 19.1. The third kappa shape index (κ3) is 4.01. The van der Waals surface area contributed by atoms with E-state index in [0.717, 1.165) is 47.8 Å². The summed E-state index contributed by atoms with van der Waals surface area (Å²) in [5.74, 6) is 0.622. The molecule has 1 aliphatic rings. The number of aromatic amines is 1. The van der Waals surface area contributed by atoms with Crippen LogP contribution in [-0.2, 0) is 6.54 Å². The molecule has 4 aromatic heterocycles. The zero-order valence-electron chi connectivity index (χ0n) is 18.2. The number of piperazine rings is 1. The quantitative estimate of drug-likeness (QED) is 0.444. The van der Waals surface area contributed by atoms with Crippen molar-refractivity contribution in [2.45, 2.75) is 25.9 Å². The molecule has 164 valence electrons. The number of nitrogens with one attached hydrogen (secondary N) is 3. The number of pyridine rings is 3.